The molecule has 0 radical (unpaired) electrons. The molecule has 0 amide bonds. The molecular formula is C19H16N4OS. The van der Waals surface area contributed by atoms with Crippen molar-refractivity contribution in [2.45, 2.75) is 13.8 Å². The molecule has 0 bridgehead atoms. The minimum absolute atomic E-state index is 0.00973. The summed E-state index contributed by atoms with van der Waals surface area (Å²) >= 11 is 1.40. The Kier molecular flexibility index (Phi) is 3.82. The van der Waals surface area contributed by atoms with Gasteiger partial charge >= 0.3 is 0 Å². The highest BCUT2D eigenvalue weighted by molar-refractivity contribution is 7.16. The van der Waals surface area contributed by atoms with Gasteiger partial charge in [-0.25, -0.2) is 9.98 Å². The molecule has 0 spiro atoms. The van der Waals surface area contributed by atoms with Crippen LogP contribution in [0.2, 0.25) is 0 Å². The fraction of sp³-hybridized carbons (Fsp3) is 0.105. The minimum Gasteiger partial charge on any atom is -0.492 e. The molecule has 2 aromatic heterocycles. The second-order valence-corrected chi connectivity index (χ2v) is 6.91. The number of aromatic hydroxyl groups is 1. The van der Waals surface area contributed by atoms with Gasteiger partial charge in [0.1, 0.15) is 0 Å². The number of aliphatic imine (C=N–C) groups is 1. The van der Waals surface area contributed by atoms with Crippen LogP contribution in [0.1, 0.15) is 21.6 Å². The van der Waals surface area contributed by atoms with Crippen molar-refractivity contribution < 1.29 is 5.11 Å². The molecule has 0 atom stereocenters. The van der Waals surface area contributed by atoms with E-state index in [1.807, 2.05) is 37.3 Å². The topological polar surface area (TPSA) is 70.4 Å². The highest BCUT2D eigenvalue weighted by Gasteiger charge is 2.15. The second-order valence-electron chi connectivity index (χ2n) is 5.88. The second kappa shape index (κ2) is 6.14. The number of pyridine rings is 1. The van der Waals surface area contributed by atoms with E-state index in [1.165, 1.54) is 16.9 Å². The molecule has 1 aliphatic rings. The maximum absolute atomic E-state index is 10.2. The van der Waals surface area contributed by atoms with Crippen molar-refractivity contribution in [2.75, 3.05) is 5.32 Å². The zero-order valence-corrected chi connectivity index (χ0v) is 14.6. The van der Waals surface area contributed by atoms with E-state index < -0.39 is 0 Å². The monoisotopic (exact) mass is 348 g/mol. The molecule has 0 unspecified atom stereocenters. The Labute approximate surface area is 149 Å². The normalized spacial score (nSPS) is 14.1. The van der Waals surface area contributed by atoms with E-state index in [0.29, 0.717) is 15.8 Å². The number of anilines is 2. The lowest BCUT2D eigenvalue weighted by molar-refractivity contribution is 0.457. The van der Waals surface area contributed by atoms with Crippen molar-refractivity contribution in [2.24, 2.45) is 4.99 Å². The van der Waals surface area contributed by atoms with Gasteiger partial charge in [-0.2, -0.15) is 4.98 Å². The van der Waals surface area contributed by atoms with E-state index in [2.05, 4.69) is 33.3 Å². The fourth-order valence-electron chi connectivity index (χ4n) is 2.72. The lowest BCUT2D eigenvalue weighted by Crippen LogP contribution is -1.92. The molecular weight excluding hydrogens is 332 g/mol. The number of nitrogens with one attached hydrogen (secondary N) is 1. The van der Waals surface area contributed by atoms with Crippen LogP contribution in [0.3, 0.4) is 0 Å². The van der Waals surface area contributed by atoms with Crippen LogP contribution in [0.15, 0.2) is 41.5 Å². The van der Waals surface area contributed by atoms with Crippen LogP contribution in [0.5, 0.6) is 5.88 Å². The van der Waals surface area contributed by atoms with E-state index in [4.69, 9.17) is 0 Å². The lowest BCUT2D eigenvalue weighted by atomic mass is 10.1. The van der Waals surface area contributed by atoms with Crippen LogP contribution < -0.4 is 5.32 Å². The smallest absolute Gasteiger partial charge is 0.231 e. The molecule has 2 N–H and O–H groups in total. The summed E-state index contributed by atoms with van der Waals surface area (Å²) in [6.45, 7) is 4.11. The lowest BCUT2D eigenvalue weighted by Gasteiger charge is -2.06. The number of rotatable bonds is 3. The first-order valence-electron chi connectivity index (χ1n) is 7.85. The zero-order valence-electron chi connectivity index (χ0n) is 13.8. The van der Waals surface area contributed by atoms with Gasteiger partial charge in [0, 0.05) is 29.2 Å². The molecule has 1 aromatic carbocycles. The molecule has 4 rings (SSSR count). The molecule has 5 nitrogen and oxygen atoms in total. The Balaban J connectivity index is 1.63. The minimum atomic E-state index is 0.00973. The molecule has 3 heterocycles. The molecule has 6 heteroatoms. The zero-order chi connectivity index (χ0) is 17.4. The van der Waals surface area contributed by atoms with Crippen molar-refractivity contribution in [1.29, 1.82) is 0 Å². The summed E-state index contributed by atoms with van der Waals surface area (Å²) in [7, 11) is 0. The highest BCUT2D eigenvalue weighted by Crippen LogP contribution is 2.36. The highest BCUT2D eigenvalue weighted by atomic mass is 32.1. The van der Waals surface area contributed by atoms with Crippen LogP contribution in [0, 0.1) is 13.8 Å². The Morgan fingerprint density at radius 1 is 1.20 bits per heavy atom. The first-order chi connectivity index (χ1) is 12.1. The predicted octanol–water partition coefficient (Wildman–Crippen LogP) is 4.86. The van der Waals surface area contributed by atoms with Crippen molar-refractivity contribution >= 4 is 45.8 Å². The third kappa shape index (κ3) is 3.04. The van der Waals surface area contributed by atoms with Gasteiger partial charge in [0.15, 0.2) is 10.9 Å². The Morgan fingerprint density at radius 2 is 2.08 bits per heavy atom. The third-order valence-electron chi connectivity index (χ3n) is 3.97. The summed E-state index contributed by atoms with van der Waals surface area (Å²) in [4.78, 5) is 13.4. The maximum Gasteiger partial charge on any atom is 0.231 e. The fourth-order valence-corrected chi connectivity index (χ4v) is 3.55. The SMILES string of the molecule is Cc1ccc(Nc2nc(O)c(C=C3C=Nc4ncccc43)s2)c(C)c1. The van der Waals surface area contributed by atoms with Gasteiger partial charge in [0.25, 0.3) is 0 Å². The summed E-state index contributed by atoms with van der Waals surface area (Å²) in [6, 6.07) is 10.0. The third-order valence-corrected chi connectivity index (χ3v) is 4.88. The number of hydrogen-bond donors (Lipinski definition) is 2. The summed E-state index contributed by atoms with van der Waals surface area (Å²) in [5.74, 6) is 0.710. The largest absolute Gasteiger partial charge is 0.492 e. The first-order valence-corrected chi connectivity index (χ1v) is 8.67. The molecule has 0 fully saturated rings. The molecule has 25 heavy (non-hydrogen) atoms. The number of fused-ring (bicyclic) bond motifs is 1. The van der Waals surface area contributed by atoms with Crippen molar-refractivity contribution in [3.8, 4) is 5.88 Å². The number of thiazole rings is 1. The molecule has 0 saturated carbocycles. The maximum atomic E-state index is 10.2. The van der Waals surface area contributed by atoms with E-state index in [9.17, 15) is 5.11 Å². The summed E-state index contributed by atoms with van der Waals surface area (Å²) in [5.41, 5.74) is 5.20. The molecule has 0 saturated heterocycles. The molecule has 1 aliphatic heterocycles. The van der Waals surface area contributed by atoms with Gasteiger partial charge in [-0.1, -0.05) is 29.0 Å². The molecule has 124 valence electrons. The quantitative estimate of drug-likeness (QED) is 0.709. The number of aryl methyl sites for hydroxylation is 2. The number of nitrogens with zero attached hydrogens (tertiary/aromatic N) is 3. The van der Waals surface area contributed by atoms with E-state index >= 15 is 0 Å². The van der Waals surface area contributed by atoms with Gasteiger partial charge in [0.2, 0.25) is 5.88 Å². The van der Waals surface area contributed by atoms with Crippen LogP contribution in [-0.2, 0) is 0 Å². The van der Waals surface area contributed by atoms with Crippen molar-refractivity contribution in [3.05, 3.63) is 58.1 Å². The van der Waals surface area contributed by atoms with Crippen LogP contribution in [0.4, 0.5) is 16.6 Å². The summed E-state index contributed by atoms with van der Waals surface area (Å²) in [5, 5.41) is 14.1. The summed E-state index contributed by atoms with van der Waals surface area (Å²) < 4.78 is 0. The van der Waals surface area contributed by atoms with Gasteiger partial charge in [-0.15, -0.1) is 0 Å². The standard InChI is InChI=1S/C19H16N4OS/c1-11-5-6-15(12(2)8-11)22-19-23-18(24)16(25-19)9-13-10-21-17-14(13)4-3-7-20-17/h3-10,24H,1-2H3,(H,22,23). The predicted molar refractivity (Wildman–Crippen MR) is 103 cm³/mol. The van der Waals surface area contributed by atoms with Crippen LogP contribution >= 0.6 is 11.3 Å². The van der Waals surface area contributed by atoms with Crippen molar-refractivity contribution in [1.82, 2.24) is 9.97 Å². The number of allylic oxidation sites excluding steroid dienone is 1. The van der Waals surface area contributed by atoms with Gasteiger partial charge in [-0.05, 0) is 43.7 Å². The first kappa shape index (κ1) is 15.5. The van der Waals surface area contributed by atoms with Crippen molar-refractivity contribution in [3.63, 3.8) is 0 Å². The Morgan fingerprint density at radius 3 is 2.92 bits per heavy atom. The van der Waals surface area contributed by atoms with Gasteiger partial charge in [0.05, 0.1) is 4.88 Å². The average molecular weight is 348 g/mol. The van der Waals surface area contributed by atoms with Crippen LogP contribution in [0.25, 0.3) is 11.6 Å². The van der Waals surface area contributed by atoms with Gasteiger partial charge in [-0.3, -0.25) is 0 Å². The Bertz CT molecular complexity index is 1020. The molecule has 0 aliphatic carbocycles. The Hall–Kier alpha value is -2.99. The van der Waals surface area contributed by atoms with E-state index in [-0.39, 0.29) is 5.88 Å². The average Bonchev–Trinajstić information content (AvgIpc) is 3.15. The van der Waals surface area contributed by atoms with E-state index in [0.717, 1.165) is 22.4 Å². The van der Waals surface area contributed by atoms with Gasteiger partial charge < -0.3 is 10.4 Å². The number of benzene rings is 1. The number of hydrogen-bond acceptors (Lipinski definition) is 6. The summed E-state index contributed by atoms with van der Waals surface area (Å²) in [6.07, 6.45) is 5.36. The molecule has 3 aromatic rings. The van der Waals surface area contributed by atoms with E-state index in [1.54, 1.807) is 12.4 Å². The van der Waals surface area contributed by atoms with Crippen LogP contribution in [-0.4, -0.2) is 21.3 Å². The number of aromatic nitrogens is 2.